The van der Waals surface area contributed by atoms with E-state index in [1.165, 1.54) is 0 Å². The van der Waals surface area contributed by atoms with Gasteiger partial charge in [0.1, 0.15) is 5.76 Å². The van der Waals surface area contributed by atoms with Gasteiger partial charge in [-0.3, -0.25) is 9.79 Å². The van der Waals surface area contributed by atoms with Crippen LogP contribution in [0.3, 0.4) is 0 Å². The Morgan fingerprint density at radius 2 is 2.22 bits per heavy atom. The molecule has 0 saturated heterocycles. The molecule has 6 heteroatoms. The van der Waals surface area contributed by atoms with Crippen molar-refractivity contribution in [3.63, 3.8) is 0 Å². The van der Waals surface area contributed by atoms with E-state index in [1.54, 1.807) is 19.4 Å². The Hall–Kier alpha value is -1.98. The number of nitrogens with zero attached hydrogens (tertiary/aromatic N) is 1. The van der Waals surface area contributed by atoms with E-state index < -0.39 is 0 Å². The van der Waals surface area contributed by atoms with Crippen LogP contribution in [-0.4, -0.2) is 32.0 Å². The molecule has 1 amide bonds. The zero-order valence-electron chi connectivity index (χ0n) is 10.8. The zero-order chi connectivity index (χ0) is 13.2. The van der Waals surface area contributed by atoms with Crippen molar-refractivity contribution in [1.29, 1.82) is 0 Å². The Morgan fingerprint density at radius 1 is 1.39 bits per heavy atom. The van der Waals surface area contributed by atoms with E-state index in [-0.39, 0.29) is 12.5 Å². The maximum absolute atomic E-state index is 11.5. The lowest BCUT2D eigenvalue weighted by molar-refractivity contribution is -0.120. The molecule has 3 N–H and O–H groups in total. The van der Waals surface area contributed by atoms with Crippen LogP contribution < -0.4 is 16.0 Å². The van der Waals surface area contributed by atoms with Gasteiger partial charge in [-0.15, -0.1) is 0 Å². The molecule has 0 atom stereocenters. The molecule has 100 valence electrons. The number of furan rings is 1. The molecular weight excluding hydrogens is 232 g/mol. The predicted molar refractivity (Wildman–Crippen MR) is 70.2 cm³/mol. The van der Waals surface area contributed by atoms with Crippen LogP contribution in [0.5, 0.6) is 0 Å². The standard InChI is InChI=1S/C12H20N4O2/c1-3-6-14-12(13-2)16-9-11(17)15-8-10-5-4-7-18-10/h4-5,7H,3,6,8-9H2,1-2H3,(H,15,17)(H2,13,14,16). The number of hydrogen-bond acceptors (Lipinski definition) is 3. The highest BCUT2D eigenvalue weighted by Gasteiger charge is 2.03. The van der Waals surface area contributed by atoms with Gasteiger partial charge in [-0.2, -0.15) is 0 Å². The Balaban J connectivity index is 2.19. The highest BCUT2D eigenvalue weighted by molar-refractivity contribution is 5.86. The summed E-state index contributed by atoms with van der Waals surface area (Å²) in [5, 5.41) is 8.76. The average molecular weight is 252 g/mol. The van der Waals surface area contributed by atoms with Gasteiger partial charge in [-0.1, -0.05) is 6.92 Å². The fourth-order valence-corrected chi connectivity index (χ4v) is 1.29. The average Bonchev–Trinajstić information content (AvgIpc) is 2.89. The zero-order valence-corrected chi connectivity index (χ0v) is 10.8. The molecule has 0 aliphatic heterocycles. The largest absolute Gasteiger partial charge is 0.467 e. The molecule has 18 heavy (non-hydrogen) atoms. The lowest BCUT2D eigenvalue weighted by Gasteiger charge is -2.10. The first-order chi connectivity index (χ1) is 8.76. The molecule has 0 aromatic carbocycles. The fraction of sp³-hybridized carbons (Fsp3) is 0.500. The summed E-state index contributed by atoms with van der Waals surface area (Å²) in [5.74, 6) is 1.26. The molecule has 0 aliphatic rings. The van der Waals surface area contributed by atoms with Crippen molar-refractivity contribution >= 4 is 11.9 Å². The Morgan fingerprint density at radius 3 is 2.83 bits per heavy atom. The third kappa shape index (κ3) is 5.38. The first-order valence-corrected chi connectivity index (χ1v) is 5.99. The number of amides is 1. The van der Waals surface area contributed by atoms with Crippen molar-refractivity contribution in [3.05, 3.63) is 24.2 Å². The maximum Gasteiger partial charge on any atom is 0.239 e. The summed E-state index contributed by atoms with van der Waals surface area (Å²) in [4.78, 5) is 15.5. The predicted octanol–water partition coefficient (Wildman–Crippen LogP) is 0.471. The summed E-state index contributed by atoms with van der Waals surface area (Å²) in [7, 11) is 1.67. The van der Waals surface area contributed by atoms with Crippen molar-refractivity contribution in [2.75, 3.05) is 20.1 Å². The normalized spacial score (nSPS) is 11.1. The number of guanidine groups is 1. The molecule has 0 unspecified atom stereocenters. The fourth-order valence-electron chi connectivity index (χ4n) is 1.29. The minimum atomic E-state index is -0.106. The number of aliphatic imine (C=N–C) groups is 1. The van der Waals surface area contributed by atoms with Gasteiger partial charge in [0.15, 0.2) is 5.96 Å². The van der Waals surface area contributed by atoms with E-state index in [0.717, 1.165) is 18.7 Å². The summed E-state index contributed by atoms with van der Waals surface area (Å²) < 4.78 is 5.11. The van der Waals surface area contributed by atoms with Crippen LogP contribution in [0, 0.1) is 0 Å². The summed E-state index contributed by atoms with van der Waals surface area (Å²) in [6.45, 7) is 3.47. The van der Waals surface area contributed by atoms with E-state index in [4.69, 9.17) is 4.42 Å². The summed E-state index contributed by atoms with van der Waals surface area (Å²) in [6.07, 6.45) is 2.58. The molecular formula is C12H20N4O2. The van der Waals surface area contributed by atoms with E-state index >= 15 is 0 Å². The van der Waals surface area contributed by atoms with Gasteiger partial charge in [-0.05, 0) is 18.6 Å². The second-order valence-electron chi connectivity index (χ2n) is 3.71. The quantitative estimate of drug-likeness (QED) is 0.508. The third-order valence-corrected chi connectivity index (χ3v) is 2.22. The molecule has 1 aromatic rings. The maximum atomic E-state index is 11.5. The van der Waals surface area contributed by atoms with Gasteiger partial charge in [0, 0.05) is 13.6 Å². The minimum Gasteiger partial charge on any atom is -0.467 e. The lowest BCUT2D eigenvalue weighted by atomic mass is 10.4. The van der Waals surface area contributed by atoms with Crippen LogP contribution in [0.2, 0.25) is 0 Å². The first kappa shape index (κ1) is 14.1. The van der Waals surface area contributed by atoms with Crippen LogP contribution in [0.4, 0.5) is 0 Å². The highest BCUT2D eigenvalue weighted by Crippen LogP contribution is 1.97. The van der Waals surface area contributed by atoms with Crippen LogP contribution in [-0.2, 0) is 11.3 Å². The highest BCUT2D eigenvalue weighted by atomic mass is 16.3. The third-order valence-electron chi connectivity index (χ3n) is 2.22. The number of nitrogens with one attached hydrogen (secondary N) is 3. The molecule has 0 aliphatic carbocycles. The summed E-state index contributed by atoms with van der Waals surface area (Å²) in [5.41, 5.74) is 0. The Labute approximate surface area is 107 Å². The molecule has 0 radical (unpaired) electrons. The van der Waals surface area contributed by atoms with Gasteiger partial charge in [0.25, 0.3) is 0 Å². The topological polar surface area (TPSA) is 78.7 Å². The number of carbonyl (C=O) groups excluding carboxylic acids is 1. The van der Waals surface area contributed by atoms with E-state index in [1.807, 2.05) is 6.07 Å². The summed E-state index contributed by atoms with van der Waals surface area (Å²) >= 11 is 0. The molecule has 1 rings (SSSR count). The van der Waals surface area contributed by atoms with Gasteiger partial charge in [0.2, 0.25) is 5.91 Å². The van der Waals surface area contributed by atoms with Gasteiger partial charge >= 0.3 is 0 Å². The SMILES string of the molecule is CCCNC(=NC)NCC(=O)NCc1ccco1. The Kier molecular flexibility index (Phi) is 6.38. The van der Waals surface area contributed by atoms with Gasteiger partial charge in [-0.25, -0.2) is 0 Å². The van der Waals surface area contributed by atoms with Crippen molar-refractivity contribution in [2.45, 2.75) is 19.9 Å². The molecule has 0 fully saturated rings. The second kappa shape index (κ2) is 8.16. The molecule has 0 bridgehead atoms. The molecule has 6 nitrogen and oxygen atoms in total. The van der Waals surface area contributed by atoms with Crippen molar-refractivity contribution in [2.24, 2.45) is 4.99 Å². The summed E-state index contributed by atoms with van der Waals surface area (Å²) in [6, 6.07) is 3.60. The molecule has 0 spiro atoms. The molecule has 0 saturated carbocycles. The molecule has 1 aromatic heterocycles. The minimum absolute atomic E-state index is 0.106. The Bertz CT molecular complexity index is 373. The number of hydrogen-bond donors (Lipinski definition) is 3. The van der Waals surface area contributed by atoms with Gasteiger partial charge < -0.3 is 20.4 Å². The first-order valence-electron chi connectivity index (χ1n) is 5.99. The number of rotatable bonds is 6. The monoisotopic (exact) mass is 252 g/mol. The van der Waals surface area contributed by atoms with E-state index in [9.17, 15) is 4.79 Å². The van der Waals surface area contributed by atoms with Crippen molar-refractivity contribution in [3.8, 4) is 0 Å². The number of carbonyl (C=O) groups is 1. The van der Waals surface area contributed by atoms with Crippen LogP contribution in [0.25, 0.3) is 0 Å². The second-order valence-corrected chi connectivity index (χ2v) is 3.71. The van der Waals surface area contributed by atoms with E-state index in [0.29, 0.717) is 12.5 Å². The smallest absolute Gasteiger partial charge is 0.239 e. The van der Waals surface area contributed by atoms with Crippen LogP contribution >= 0.6 is 0 Å². The van der Waals surface area contributed by atoms with Gasteiger partial charge in [0.05, 0.1) is 19.4 Å². The van der Waals surface area contributed by atoms with Crippen molar-refractivity contribution in [1.82, 2.24) is 16.0 Å². The van der Waals surface area contributed by atoms with Crippen molar-refractivity contribution < 1.29 is 9.21 Å². The molecule has 1 heterocycles. The van der Waals surface area contributed by atoms with Crippen LogP contribution in [0.1, 0.15) is 19.1 Å². The van der Waals surface area contributed by atoms with E-state index in [2.05, 4.69) is 27.9 Å². The lowest BCUT2D eigenvalue weighted by Crippen LogP contribution is -2.43. The van der Waals surface area contributed by atoms with Crippen LogP contribution in [0.15, 0.2) is 27.8 Å².